The Morgan fingerprint density at radius 3 is 2.36 bits per heavy atom. The van der Waals surface area contributed by atoms with Crippen molar-refractivity contribution in [1.29, 1.82) is 0 Å². The molecule has 11 heavy (non-hydrogen) atoms. The van der Waals surface area contributed by atoms with E-state index in [1.807, 2.05) is 6.07 Å². The lowest BCUT2D eigenvalue weighted by atomic mass is 10.3. The average molecular weight is 173 g/mol. The zero-order valence-electron chi connectivity index (χ0n) is 5.56. The minimum absolute atomic E-state index is 0.603. The molecule has 0 aliphatic rings. The molecule has 1 aromatic carbocycles. The number of para-hydroxylation sites is 1. The smallest absolute Gasteiger partial charge is 0.250 e. The molecule has 0 aliphatic carbocycles. The maximum Gasteiger partial charge on any atom is 0.277 e. The molecule has 0 radical (unpaired) electrons. The van der Waals surface area contributed by atoms with Gasteiger partial charge in [0.15, 0.2) is 0 Å². The summed E-state index contributed by atoms with van der Waals surface area (Å²) >= 11 is 0. The zero-order valence-corrected chi connectivity index (χ0v) is 6.45. The van der Waals surface area contributed by atoms with Crippen molar-refractivity contribution < 1.29 is 12.7 Å². The fourth-order valence-corrected chi connectivity index (χ4v) is 0.776. The molecule has 4 nitrogen and oxygen atoms in total. The lowest BCUT2D eigenvalue weighted by Gasteiger charge is -1.98. The van der Waals surface area contributed by atoms with E-state index >= 15 is 0 Å². The first kappa shape index (κ1) is 8.03. The van der Waals surface area contributed by atoms with Crippen LogP contribution in [0.2, 0.25) is 0 Å². The van der Waals surface area contributed by atoms with Gasteiger partial charge in [0.25, 0.3) is 11.0 Å². The Morgan fingerprint density at radius 1 is 1.18 bits per heavy atom. The molecule has 0 saturated heterocycles. The van der Waals surface area contributed by atoms with Crippen LogP contribution in [0.15, 0.2) is 30.3 Å². The topological polar surface area (TPSA) is 55.4 Å². The van der Waals surface area contributed by atoms with Crippen molar-refractivity contribution in [1.82, 2.24) is 0 Å². The Bertz CT molecular complexity index is 275. The van der Waals surface area contributed by atoms with Crippen molar-refractivity contribution in [3.63, 3.8) is 0 Å². The third-order valence-electron chi connectivity index (χ3n) is 1.01. The van der Waals surface area contributed by atoms with E-state index in [0.717, 1.165) is 0 Å². The highest BCUT2D eigenvalue weighted by molar-refractivity contribution is 7.67. The molecule has 1 rings (SSSR count). The van der Waals surface area contributed by atoms with Crippen molar-refractivity contribution in [2.45, 2.75) is 0 Å². The fourth-order valence-electron chi connectivity index (χ4n) is 0.596. The van der Waals surface area contributed by atoms with E-state index in [4.69, 9.17) is 0 Å². The van der Waals surface area contributed by atoms with Crippen LogP contribution in [-0.2, 0) is 15.3 Å². The Hall–Kier alpha value is -1.07. The highest BCUT2D eigenvalue weighted by Gasteiger charge is 1.87. The van der Waals surface area contributed by atoms with Crippen LogP contribution in [0.25, 0.3) is 0 Å². The van der Waals surface area contributed by atoms with E-state index in [1.165, 1.54) is 0 Å². The van der Waals surface area contributed by atoms with Crippen molar-refractivity contribution in [2.75, 3.05) is 5.48 Å². The first-order chi connectivity index (χ1) is 5.29. The quantitative estimate of drug-likeness (QED) is 0.518. The number of hydrogen-bond acceptors (Lipinski definition) is 4. The number of hydrogen-bond donors (Lipinski definition) is 2. The van der Waals surface area contributed by atoms with E-state index in [2.05, 4.69) is 9.76 Å². The number of nitrogens with one attached hydrogen (secondary N) is 1. The second kappa shape index (κ2) is 3.95. The fraction of sp³-hybridized carbons (Fsp3) is 0. The lowest BCUT2D eigenvalue weighted by molar-refractivity contribution is 0.410. The van der Waals surface area contributed by atoms with Gasteiger partial charge in [0.2, 0.25) is 0 Å². The molecule has 0 amide bonds. The van der Waals surface area contributed by atoms with Gasteiger partial charge in [-0.1, -0.05) is 18.2 Å². The van der Waals surface area contributed by atoms with Gasteiger partial charge in [-0.3, -0.25) is 0 Å². The molecule has 0 bridgehead atoms. The number of thiol groups is 1. The Labute approximate surface area is 65.9 Å². The van der Waals surface area contributed by atoms with Crippen LogP contribution < -0.4 is 5.48 Å². The molecular formula is C6H7NO3S. The highest BCUT2D eigenvalue weighted by atomic mass is 32.2. The van der Waals surface area contributed by atoms with Gasteiger partial charge >= 0.3 is 0 Å². The van der Waals surface area contributed by atoms with Gasteiger partial charge in [-0.05, 0) is 12.1 Å². The van der Waals surface area contributed by atoms with Crippen molar-refractivity contribution in [3.05, 3.63) is 30.3 Å². The van der Waals surface area contributed by atoms with E-state index in [-0.39, 0.29) is 0 Å². The Morgan fingerprint density at radius 2 is 1.82 bits per heavy atom. The number of benzene rings is 1. The summed E-state index contributed by atoms with van der Waals surface area (Å²) in [5.74, 6) is 0. The van der Waals surface area contributed by atoms with Crippen LogP contribution in [0.3, 0.4) is 0 Å². The van der Waals surface area contributed by atoms with Gasteiger partial charge < -0.3 is 0 Å². The summed E-state index contributed by atoms with van der Waals surface area (Å²) in [6, 6.07) is 8.74. The van der Waals surface area contributed by atoms with Gasteiger partial charge in [0.05, 0.1) is 5.69 Å². The SMILES string of the molecule is O=[SH](=O)ONc1ccccc1. The molecule has 0 saturated carbocycles. The third-order valence-corrected chi connectivity index (χ3v) is 1.25. The number of anilines is 1. The molecular weight excluding hydrogens is 166 g/mol. The van der Waals surface area contributed by atoms with Gasteiger partial charge in [-0.2, -0.15) is 4.28 Å². The zero-order chi connectivity index (χ0) is 8.10. The van der Waals surface area contributed by atoms with E-state index in [0.29, 0.717) is 5.69 Å². The summed E-state index contributed by atoms with van der Waals surface area (Å²) < 4.78 is 24.0. The van der Waals surface area contributed by atoms with Crippen LogP contribution in [0, 0.1) is 0 Å². The van der Waals surface area contributed by atoms with E-state index in [1.54, 1.807) is 24.3 Å². The van der Waals surface area contributed by atoms with Crippen molar-refractivity contribution in [3.8, 4) is 0 Å². The van der Waals surface area contributed by atoms with Gasteiger partial charge in [0, 0.05) is 0 Å². The normalized spacial score (nSPS) is 9.91. The van der Waals surface area contributed by atoms with E-state index < -0.39 is 11.0 Å². The largest absolute Gasteiger partial charge is 0.277 e. The summed E-state index contributed by atoms with van der Waals surface area (Å²) in [7, 11) is -2.84. The predicted octanol–water partition coefficient (Wildman–Crippen LogP) is 0.556. The van der Waals surface area contributed by atoms with Gasteiger partial charge in [0.1, 0.15) is 0 Å². The molecule has 0 atom stereocenters. The second-order valence-corrected chi connectivity index (χ2v) is 2.41. The first-order valence-electron chi connectivity index (χ1n) is 2.91. The average Bonchev–Trinajstić information content (AvgIpc) is 2.03. The standard InChI is InChI=1S/C6H7NO3S/c8-11(9)10-7-6-4-2-1-3-5-6/h1-5,7,11H. The van der Waals surface area contributed by atoms with Crippen LogP contribution in [0.1, 0.15) is 0 Å². The molecule has 0 heterocycles. The molecule has 1 aromatic rings. The lowest BCUT2D eigenvalue weighted by Crippen LogP contribution is -1.98. The summed E-state index contributed by atoms with van der Waals surface area (Å²) in [5.41, 5.74) is 2.85. The summed E-state index contributed by atoms with van der Waals surface area (Å²) in [5, 5.41) is 0. The van der Waals surface area contributed by atoms with Gasteiger partial charge in [-0.25, -0.2) is 13.9 Å². The minimum Gasteiger partial charge on any atom is -0.250 e. The molecule has 0 fully saturated rings. The minimum atomic E-state index is -2.84. The van der Waals surface area contributed by atoms with E-state index in [9.17, 15) is 8.42 Å². The molecule has 1 N–H and O–H groups in total. The molecule has 5 heteroatoms. The monoisotopic (exact) mass is 173 g/mol. The molecule has 0 aliphatic heterocycles. The Kier molecular flexibility index (Phi) is 2.88. The van der Waals surface area contributed by atoms with Crippen LogP contribution in [0.5, 0.6) is 0 Å². The molecule has 0 spiro atoms. The second-order valence-electron chi connectivity index (χ2n) is 1.78. The number of rotatable bonds is 3. The van der Waals surface area contributed by atoms with Crippen LogP contribution in [-0.4, -0.2) is 8.42 Å². The van der Waals surface area contributed by atoms with Gasteiger partial charge in [-0.15, -0.1) is 0 Å². The molecule has 60 valence electrons. The highest BCUT2D eigenvalue weighted by Crippen LogP contribution is 2.03. The van der Waals surface area contributed by atoms with Crippen molar-refractivity contribution in [2.24, 2.45) is 0 Å². The summed E-state index contributed by atoms with van der Waals surface area (Å²) in [4.78, 5) is 0. The maximum absolute atomic E-state index is 9.92. The van der Waals surface area contributed by atoms with Crippen LogP contribution >= 0.6 is 0 Å². The molecule has 0 unspecified atom stereocenters. The maximum atomic E-state index is 9.92. The molecule has 0 aromatic heterocycles. The third kappa shape index (κ3) is 3.01. The summed E-state index contributed by atoms with van der Waals surface area (Å²) in [6.45, 7) is 0. The predicted molar refractivity (Wildman–Crippen MR) is 41.5 cm³/mol. The van der Waals surface area contributed by atoms with Crippen LogP contribution in [0.4, 0.5) is 5.69 Å². The van der Waals surface area contributed by atoms with Crippen molar-refractivity contribution >= 4 is 16.7 Å². The first-order valence-corrected chi connectivity index (χ1v) is 4.01. The Balaban J connectivity index is 2.52. The summed E-state index contributed by atoms with van der Waals surface area (Å²) in [6.07, 6.45) is 0.